The molecule has 1 unspecified atom stereocenters. The Morgan fingerprint density at radius 1 is 0.829 bits per heavy atom. The van der Waals surface area contributed by atoms with Gasteiger partial charge in [0, 0.05) is 5.92 Å². The van der Waals surface area contributed by atoms with Gasteiger partial charge in [-0.2, -0.15) is 0 Å². The highest BCUT2D eigenvalue weighted by Crippen LogP contribution is 2.38. The fourth-order valence-corrected chi connectivity index (χ4v) is 5.33. The van der Waals surface area contributed by atoms with Gasteiger partial charge in [-0.3, -0.25) is 4.79 Å². The minimum atomic E-state index is -1.45. The summed E-state index contributed by atoms with van der Waals surface area (Å²) in [6.07, 6.45) is 19.6. The van der Waals surface area contributed by atoms with Crippen molar-refractivity contribution in [2.45, 2.75) is 109 Å². The van der Waals surface area contributed by atoms with Crippen LogP contribution in [0.25, 0.3) is 0 Å². The van der Waals surface area contributed by atoms with Crippen LogP contribution in [0, 0.1) is 0 Å². The predicted octanol–water partition coefficient (Wildman–Crippen LogP) is 9.17. The van der Waals surface area contributed by atoms with Crippen molar-refractivity contribution in [1.29, 1.82) is 0 Å². The maximum absolute atomic E-state index is 13.2. The molecule has 0 aromatic heterocycles. The Bertz CT molecular complexity index is 1130. The van der Waals surface area contributed by atoms with E-state index in [4.69, 9.17) is 9.47 Å². The molecule has 2 aromatic rings. The third-order valence-electron chi connectivity index (χ3n) is 7.88. The van der Waals surface area contributed by atoms with Crippen molar-refractivity contribution in [3.8, 4) is 5.75 Å². The average molecular weight is 561 g/mol. The molecule has 222 valence electrons. The molecule has 1 N–H and O–H groups in total. The van der Waals surface area contributed by atoms with Gasteiger partial charge in [0.25, 0.3) is 0 Å². The van der Waals surface area contributed by atoms with Crippen LogP contribution in [0.15, 0.2) is 72.8 Å². The maximum Gasteiger partial charge on any atom is 0.338 e. The Kier molecular flexibility index (Phi) is 13.2. The molecule has 0 spiro atoms. The van der Waals surface area contributed by atoms with Gasteiger partial charge in [-0.25, -0.2) is 4.79 Å². The van der Waals surface area contributed by atoms with Crippen molar-refractivity contribution >= 4 is 11.9 Å². The van der Waals surface area contributed by atoms with Crippen LogP contribution in [-0.4, -0.2) is 29.8 Å². The number of rotatable bonds is 18. The van der Waals surface area contributed by atoms with Crippen molar-refractivity contribution in [3.05, 3.63) is 89.5 Å². The smallest absolute Gasteiger partial charge is 0.338 e. The molecule has 2 aromatic carbocycles. The fraction of sp³-hybridized carbons (Fsp3) is 0.500. The Morgan fingerprint density at radius 2 is 1.44 bits per heavy atom. The van der Waals surface area contributed by atoms with Gasteiger partial charge in [-0.15, -0.1) is 0 Å². The number of allylic oxidation sites excluding steroid dienone is 2. The van der Waals surface area contributed by atoms with E-state index in [1.165, 1.54) is 38.5 Å². The van der Waals surface area contributed by atoms with Gasteiger partial charge in [0.2, 0.25) is 0 Å². The lowest BCUT2D eigenvalue weighted by Crippen LogP contribution is -2.35. The first-order valence-corrected chi connectivity index (χ1v) is 15.6. The molecule has 0 amide bonds. The van der Waals surface area contributed by atoms with Gasteiger partial charge in [0.1, 0.15) is 11.2 Å². The number of benzene rings is 2. The third kappa shape index (κ3) is 9.34. The van der Waals surface area contributed by atoms with Gasteiger partial charge in [-0.05, 0) is 55.5 Å². The molecule has 0 heterocycles. The molecule has 0 saturated heterocycles. The summed E-state index contributed by atoms with van der Waals surface area (Å²) < 4.78 is 11.7. The molecular weight excluding hydrogens is 512 g/mol. The van der Waals surface area contributed by atoms with E-state index in [-0.39, 0.29) is 17.6 Å². The normalized spacial score (nSPS) is 18.7. The average Bonchev–Trinajstić information content (AvgIpc) is 2.99. The van der Waals surface area contributed by atoms with Crippen molar-refractivity contribution in [1.82, 2.24) is 0 Å². The fourth-order valence-electron chi connectivity index (χ4n) is 5.33. The zero-order valence-corrected chi connectivity index (χ0v) is 25.1. The number of carbonyl (C=O) groups excluding carboxylic acids is 1. The molecular formula is C36H48O5. The van der Waals surface area contributed by atoms with E-state index >= 15 is 0 Å². The lowest BCUT2D eigenvalue weighted by molar-refractivity contribution is -0.140. The molecule has 0 fully saturated rings. The zero-order valence-electron chi connectivity index (χ0n) is 25.1. The highest BCUT2D eigenvalue weighted by Gasteiger charge is 2.40. The van der Waals surface area contributed by atoms with E-state index in [1.54, 1.807) is 36.4 Å². The molecule has 0 aliphatic heterocycles. The van der Waals surface area contributed by atoms with E-state index in [0.717, 1.165) is 50.0 Å². The van der Waals surface area contributed by atoms with Crippen LogP contribution in [0.1, 0.15) is 119 Å². The lowest BCUT2D eigenvalue weighted by atomic mass is 9.73. The molecule has 0 bridgehead atoms. The van der Waals surface area contributed by atoms with Crippen molar-refractivity contribution in [2.75, 3.05) is 6.61 Å². The number of carboxylic acid groups (broad SMARTS) is 1. The maximum atomic E-state index is 13.2. The van der Waals surface area contributed by atoms with E-state index in [1.807, 2.05) is 43.3 Å². The summed E-state index contributed by atoms with van der Waals surface area (Å²) in [7, 11) is 0. The van der Waals surface area contributed by atoms with Crippen LogP contribution < -0.4 is 4.74 Å². The summed E-state index contributed by atoms with van der Waals surface area (Å²) in [5.74, 6) is -0.741. The Labute approximate surface area is 246 Å². The van der Waals surface area contributed by atoms with E-state index in [2.05, 4.69) is 13.8 Å². The molecule has 1 aliphatic carbocycles. The number of esters is 1. The topological polar surface area (TPSA) is 72.8 Å². The number of carboxylic acids is 1. The number of aliphatic carboxylic acids is 1. The summed E-state index contributed by atoms with van der Waals surface area (Å²) in [5.41, 5.74) is 0.305. The molecule has 1 atom stereocenters. The molecule has 0 saturated carbocycles. The van der Waals surface area contributed by atoms with Crippen LogP contribution in [0.5, 0.6) is 5.75 Å². The molecule has 0 radical (unpaired) electrons. The van der Waals surface area contributed by atoms with Crippen LogP contribution in [0.3, 0.4) is 0 Å². The highest BCUT2D eigenvalue weighted by molar-refractivity contribution is 5.97. The first-order chi connectivity index (χ1) is 19.9. The van der Waals surface area contributed by atoms with Crippen molar-refractivity contribution in [3.63, 3.8) is 0 Å². The Balaban J connectivity index is 1.65. The van der Waals surface area contributed by atoms with E-state index in [0.29, 0.717) is 5.56 Å². The lowest BCUT2D eigenvalue weighted by Gasteiger charge is -2.29. The molecule has 41 heavy (non-hydrogen) atoms. The number of hydrogen-bond acceptors (Lipinski definition) is 4. The quantitative estimate of drug-likeness (QED) is 0.112. The number of unbranched alkanes of at least 4 members (excludes halogenated alkanes) is 8. The van der Waals surface area contributed by atoms with Crippen LogP contribution >= 0.6 is 0 Å². The van der Waals surface area contributed by atoms with E-state index < -0.39 is 17.4 Å². The van der Waals surface area contributed by atoms with Gasteiger partial charge in [0.05, 0.1) is 18.3 Å². The summed E-state index contributed by atoms with van der Waals surface area (Å²) in [6.45, 7) is 7.01. The highest BCUT2D eigenvalue weighted by atomic mass is 16.5. The second-order valence-electron chi connectivity index (χ2n) is 11.2. The van der Waals surface area contributed by atoms with Gasteiger partial charge in [-0.1, -0.05) is 120 Å². The van der Waals surface area contributed by atoms with E-state index in [9.17, 15) is 14.7 Å². The third-order valence-corrected chi connectivity index (χ3v) is 7.88. The molecule has 5 heteroatoms. The Hall–Kier alpha value is -3.34. The largest absolute Gasteiger partial charge is 0.494 e. The first kappa shape index (κ1) is 32.2. The Morgan fingerprint density at radius 3 is 2.10 bits per heavy atom. The molecule has 1 aliphatic rings. The monoisotopic (exact) mass is 560 g/mol. The number of hydrogen-bond donors (Lipinski definition) is 1. The van der Waals surface area contributed by atoms with Gasteiger partial charge < -0.3 is 14.6 Å². The molecule has 5 nitrogen and oxygen atoms in total. The summed E-state index contributed by atoms with van der Waals surface area (Å²) in [6, 6.07) is 14.9. The summed E-state index contributed by atoms with van der Waals surface area (Å²) in [4.78, 5) is 25.9. The van der Waals surface area contributed by atoms with Gasteiger partial charge >= 0.3 is 11.9 Å². The van der Waals surface area contributed by atoms with Crippen LogP contribution in [0.4, 0.5) is 0 Å². The van der Waals surface area contributed by atoms with Crippen LogP contribution in [0.2, 0.25) is 0 Å². The van der Waals surface area contributed by atoms with Crippen molar-refractivity contribution < 1.29 is 24.2 Å². The van der Waals surface area contributed by atoms with Crippen molar-refractivity contribution in [2.24, 2.45) is 0 Å². The number of ether oxygens (including phenoxy) is 2. The first-order valence-electron chi connectivity index (χ1n) is 15.6. The SMILES string of the molecule is CCCCCCCCOc1ccc(C2C=CC(C(=O)O)(c3ccccc3C(=O)OC(C)CCCCCC)C=C2)cc1. The molecule has 3 rings (SSSR count). The van der Waals surface area contributed by atoms with Gasteiger partial charge in [0.15, 0.2) is 0 Å². The predicted molar refractivity (Wildman–Crippen MR) is 166 cm³/mol. The standard InChI is InChI=1S/C36H48O5/c1-4-6-8-10-11-15-27-40-31-21-19-29(20-22-31)30-23-25-36(26-24-30,35(38)39)33-18-14-13-17-32(33)34(37)41-28(3)16-12-9-7-5-2/h13-14,17-26,28,30H,4-12,15-16,27H2,1-3H3,(H,38,39). The second kappa shape index (κ2) is 16.8. The zero-order chi connectivity index (χ0) is 29.5. The summed E-state index contributed by atoms with van der Waals surface area (Å²) >= 11 is 0. The second-order valence-corrected chi connectivity index (χ2v) is 11.2. The minimum absolute atomic E-state index is 0.0719. The minimum Gasteiger partial charge on any atom is -0.494 e. The van der Waals surface area contributed by atoms with Crippen LogP contribution in [-0.2, 0) is 14.9 Å². The summed E-state index contributed by atoms with van der Waals surface area (Å²) in [5, 5.41) is 10.4. The number of carbonyl (C=O) groups is 2.